The molecule has 7 nitrogen and oxygen atoms in total. The highest BCUT2D eigenvalue weighted by molar-refractivity contribution is 6.08. The van der Waals surface area contributed by atoms with E-state index in [1.165, 1.54) is 36.2 Å². The number of nitrogens with one attached hydrogen (secondary N) is 1. The maximum atomic E-state index is 13.6. The zero-order chi connectivity index (χ0) is 25.3. The van der Waals surface area contributed by atoms with Crippen molar-refractivity contribution >= 4 is 28.6 Å². The third kappa shape index (κ3) is 5.01. The Hall–Kier alpha value is -4.21. The molecule has 4 aromatic rings. The zero-order valence-corrected chi connectivity index (χ0v) is 19.1. The fourth-order valence-corrected chi connectivity index (χ4v) is 3.69. The number of amides is 2. The standard InChI is InChI=1S/C25H21F3N4O3/c1-14-8-10-16(11-9-14)29-21(33)13-32(3)24(34)18-12-20(30-23-22(18)15(2)31-35-23)17-6-4-5-7-19(17)25(26,27)28/h4-12H,13H2,1-3H3,(H,29,33). The number of aromatic nitrogens is 2. The molecule has 0 spiro atoms. The minimum Gasteiger partial charge on any atom is -0.335 e. The van der Waals surface area contributed by atoms with Gasteiger partial charge in [0, 0.05) is 18.3 Å². The quantitative estimate of drug-likeness (QED) is 0.421. The Morgan fingerprint density at radius 3 is 2.43 bits per heavy atom. The molecule has 0 bridgehead atoms. The summed E-state index contributed by atoms with van der Waals surface area (Å²) in [5, 5.41) is 6.80. The van der Waals surface area contributed by atoms with Crippen molar-refractivity contribution in [2.75, 3.05) is 18.9 Å². The van der Waals surface area contributed by atoms with Gasteiger partial charge in [0.05, 0.1) is 34.4 Å². The van der Waals surface area contributed by atoms with Crippen LogP contribution in [0.4, 0.5) is 18.9 Å². The van der Waals surface area contributed by atoms with Gasteiger partial charge in [-0.15, -0.1) is 0 Å². The molecule has 2 heterocycles. The molecule has 0 fully saturated rings. The molecule has 35 heavy (non-hydrogen) atoms. The van der Waals surface area contributed by atoms with E-state index in [0.717, 1.165) is 11.6 Å². The molecular weight excluding hydrogens is 461 g/mol. The lowest BCUT2D eigenvalue weighted by molar-refractivity contribution is -0.137. The van der Waals surface area contributed by atoms with Crippen LogP contribution in [0, 0.1) is 13.8 Å². The summed E-state index contributed by atoms with van der Waals surface area (Å²) in [5.74, 6) is -1.02. The highest BCUT2D eigenvalue weighted by Crippen LogP contribution is 2.37. The van der Waals surface area contributed by atoms with E-state index in [9.17, 15) is 22.8 Å². The van der Waals surface area contributed by atoms with Gasteiger partial charge in [-0.25, -0.2) is 4.98 Å². The summed E-state index contributed by atoms with van der Waals surface area (Å²) in [6, 6.07) is 13.4. The van der Waals surface area contributed by atoms with E-state index in [0.29, 0.717) is 11.4 Å². The molecule has 0 aliphatic rings. The number of benzene rings is 2. The average Bonchev–Trinajstić information content (AvgIpc) is 3.19. The monoisotopic (exact) mass is 482 g/mol. The van der Waals surface area contributed by atoms with Crippen LogP contribution in [0.1, 0.15) is 27.2 Å². The van der Waals surface area contributed by atoms with Gasteiger partial charge in [-0.1, -0.05) is 41.1 Å². The Bertz CT molecular complexity index is 1410. The van der Waals surface area contributed by atoms with Crippen molar-refractivity contribution < 1.29 is 27.3 Å². The predicted octanol–water partition coefficient (Wildman–Crippen LogP) is 5.24. The number of fused-ring (bicyclic) bond motifs is 1. The van der Waals surface area contributed by atoms with Crippen LogP contribution in [0.25, 0.3) is 22.4 Å². The summed E-state index contributed by atoms with van der Waals surface area (Å²) in [6.45, 7) is 3.23. The normalized spacial score (nSPS) is 11.5. The minimum absolute atomic E-state index is 0.0337. The van der Waals surface area contributed by atoms with Gasteiger partial charge in [0.2, 0.25) is 5.91 Å². The molecule has 0 saturated heterocycles. The van der Waals surface area contributed by atoms with Gasteiger partial charge in [0.25, 0.3) is 11.6 Å². The van der Waals surface area contributed by atoms with Crippen molar-refractivity contribution in [1.82, 2.24) is 15.0 Å². The van der Waals surface area contributed by atoms with E-state index in [1.807, 2.05) is 19.1 Å². The Morgan fingerprint density at radius 2 is 1.74 bits per heavy atom. The lowest BCUT2D eigenvalue weighted by atomic mass is 10.0. The highest BCUT2D eigenvalue weighted by Gasteiger charge is 2.34. The second kappa shape index (κ2) is 9.21. The van der Waals surface area contributed by atoms with Crippen LogP contribution in [0.3, 0.4) is 0 Å². The number of halogens is 3. The molecule has 2 amide bonds. The van der Waals surface area contributed by atoms with Crippen LogP contribution < -0.4 is 5.32 Å². The first-order valence-corrected chi connectivity index (χ1v) is 10.6. The first-order valence-electron chi connectivity index (χ1n) is 10.6. The first kappa shape index (κ1) is 23.9. The molecule has 0 radical (unpaired) electrons. The highest BCUT2D eigenvalue weighted by atomic mass is 19.4. The van der Waals surface area contributed by atoms with E-state index in [1.54, 1.807) is 19.1 Å². The second-order valence-corrected chi connectivity index (χ2v) is 8.12. The van der Waals surface area contributed by atoms with E-state index < -0.39 is 23.6 Å². The van der Waals surface area contributed by atoms with Crippen LogP contribution in [0.2, 0.25) is 0 Å². The number of rotatable bonds is 5. The lowest BCUT2D eigenvalue weighted by Crippen LogP contribution is -2.35. The lowest BCUT2D eigenvalue weighted by Gasteiger charge is -2.18. The van der Waals surface area contributed by atoms with Crippen molar-refractivity contribution in [3.05, 3.63) is 77.0 Å². The molecule has 0 atom stereocenters. The van der Waals surface area contributed by atoms with Crippen molar-refractivity contribution in [2.45, 2.75) is 20.0 Å². The van der Waals surface area contributed by atoms with E-state index in [2.05, 4.69) is 15.5 Å². The van der Waals surface area contributed by atoms with Gasteiger partial charge in [0.15, 0.2) is 0 Å². The first-order chi connectivity index (χ1) is 16.5. The molecule has 0 aliphatic heterocycles. The number of carbonyl (C=O) groups is 2. The molecular formula is C25H21F3N4O3. The Morgan fingerprint density at radius 1 is 1.06 bits per heavy atom. The number of nitrogens with zero attached hydrogens (tertiary/aromatic N) is 3. The zero-order valence-electron chi connectivity index (χ0n) is 19.1. The van der Waals surface area contributed by atoms with Crippen molar-refractivity contribution in [1.29, 1.82) is 0 Å². The number of anilines is 1. The maximum absolute atomic E-state index is 13.6. The fraction of sp³-hybridized carbons (Fsp3) is 0.200. The predicted molar refractivity (Wildman–Crippen MR) is 124 cm³/mol. The fourth-order valence-electron chi connectivity index (χ4n) is 3.69. The summed E-state index contributed by atoms with van der Waals surface area (Å²) < 4.78 is 46.0. The topological polar surface area (TPSA) is 88.3 Å². The average molecular weight is 482 g/mol. The van der Waals surface area contributed by atoms with Gasteiger partial charge in [-0.3, -0.25) is 9.59 Å². The van der Waals surface area contributed by atoms with Gasteiger partial charge < -0.3 is 14.7 Å². The van der Waals surface area contributed by atoms with Crippen molar-refractivity contribution in [3.8, 4) is 11.3 Å². The summed E-state index contributed by atoms with van der Waals surface area (Å²) in [7, 11) is 1.43. The van der Waals surface area contributed by atoms with Crippen LogP contribution in [-0.4, -0.2) is 40.4 Å². The Balaban J connectivity index is 1.68. The number of pyridine rings is 1. The van der Waals surface area contributed by atoms with Gasteiger partial charge in [-0.05, 0) is 38.1 Å². The second-order valence-electron chi connectivity index (χ2n) is 8.12. The molecule has 4 rings (SSSR count). The number of hydrogen-bond acceptors (Lipinski definition) is 5. The van der Waals surface area contributed by atoms with E-state index in [-0.39, 0.29) is 34.5 Å². The number of carbonyl (C=O) groups excluding carboxylic acids is 2. The molecule has 0 saturated carbocycles. The van der Waals surface area contributed by atoms with Gasteiger partial charge >= 0.3 is 6.18 Å². The Labute approximate surface area is 198 Å². The molecule has 2 aromatic heterocycles. The van der Waals surface area contributed by atoms with E-state index >= 15 is 0 Å². The summed E-state index contributed by atoms with van der Waals surface area (Å²) in [4.78, 5) is 31.2. The minimum atomic E-state index is -4.63. The molecule has 180 valence electrons. The third-order valence-corrected chi connectivity index (χ3v) is 5.42. The number of hydrogen-bond donors (Lipinski definition) is 1. The molecule has 0 unspecified atom stereocenters. The Kier molecular flexibility index (Phi) is 6.29. The van der Waals surface area contributed by atoms with Gasteiger partial charge in [-0.2, -0.15) is 13.2 Å². The molecule has 2 aromatic carbocycles. The maximum Gasteiger partial charge on any atom is 0.417 e. The SMILES string of the molecule is Cc1ccc(NC(=O)CN(C)C(=O)c2cc(-c3ccccc3C(F)(F)F)nc3onc(C)c23)cc1. The third-order valence-electron chi connectivity index (χ3n) is 5.42. The van der Waals surface area contributed by atoms with Gasteiger partial charge in [0.1, 0.15) is 0 Å². The number of likely N-dealkylation sites (N-methyl/N-ethyl adjacent to an activating group) is 1. The van der Waals surface area contributed by atoms with E-state index in [4.69, 9.17) is 4.52 Å². The molecule has 0 aliphatic carbocycles. The summed E-state index contributed by atoms with van der Waals surface area (Å²) >= 11 is 0. The van der Waals surface area contributed by atoms with Crippen molar-refractivity contribution in [3.63, 3.8) is 0 Å². The van der Waals surface area contributed by atoms with Crippen molar-refractivity contribution in [2.24, 2.45) is 0 Å². The number of aryl methyl sites for hydroxylation is 2. The van der Waals surface area contributed by atoms with Crippen LogP contribution in [0.5, 0.6) is 0 Å². The van der Waals surface area contributed by atoms with Crippen LogP contribution >= 0.6 is 0 Å². The smallest absolute Gasteiger partial charge is 0.335 e. The summed E-state index contributed by atoms with van der Waals surface area (Å²) in [5.41, 5.74) is 0.727. The molecule has 1 N–H and O–H groups in total. The van der Waals surface area contributed by atoms with Crippen LogP contribution in [-0.2, 0) is 11.0 Å². The summed E-state index contributed by atoms with van der Waals surface area (Å²) in [6.07, 6.45) is -4.63. The largest absolute Gasteiger partial charge is 0.417 e. The molecule has 10 heteroatoms. The number of alkyl halides is 3. The van der Waals surface area contributed by atoms with Crippen LogP contribution in [0.15, 0.2) is 59.1 Å².